The summed E-state index contributed by atoms with van der Waals surface area (Å²) in [5, 5.41) is 0. The molecule has 228 valence electrons. The predicted molar refractivity (Wildman–Crippen MR) is 161 cm³/mol. The fourth-order valence-corrected chi connectivity index (χ4v) is 4.75. The van der Waals surface area contributed by atoms with Crippen LogP contribution in [0.3, 0.4) is 0 Å². The van der Waals surface area contributed by atoms with Crippen molar-refractivity contribution >= 4 is 47.1 Å². The second kappa shape index (κ2) is 26.1. The Morgan fingerprint density at radius 2 is 0.703 bits per heavy atom. The van der Waals surface area contributed by atoms with Crippen molar-refractivity contribution in [2.45, 2.75) is 121 Å². The van der Waals surface area contributed by atoms with Gasteiger partial charge in [0.05, 0.1) is 39.3 Å². The van der Waals surface area contributed by atoms with Gasteiger partial charge in [0, 0.05) is 0 Å². The lowest BCUT2D eigenvalue weighted by Crippen LogP contribution is -3.12. The third-order valence-corrected chi connectivity index (χ3v) is 14.2. The molecule has 0 radical (unpaired) electrons. The van der Waals surface area contributed by atoms with Gasteiger partial charge in [0.1, 0.15) is 0 Å². The van der Waals surface area contributed by atoms with E-state index in [-0.39, 0.29) is 0 Å². The Morgan fingerprint density at radius 3 is 0.784 bits per heavy atom. The molecule has 37 heavy (non-hydrogen) atoms. The molecule has 0 heterocycles. The number of unbranched alkanes of at least 4 members (excludes halogenated alkanes) is 6. The van der Waals surface area contributed by atoms with E-state index in [2.05, 4.69) is 73.4 Å². The molecule has 0 spiro atoms. The lowest BCUT2D eigenvalue weighted by atomic mass is 10.2. The number of rotatable bonds is 20. The third kappa shape index (κ3) is 24.7. The molecule has 0 rings (SSSR count). The molecule has 4 N–H and O–H groups in total. The van der Waals surface area contributed by atoms with E-state index in [0.717, 1.165) is 0 Å². The highest BCUT2D eigenvalue weighted by molar-refractivity contribution is 9.29. The van der Waals surface area contributed by atoms with Crippen molar-refractivity contribution in [2.24, 2.45) is 0 Å². The van der Waals surface area contributed by atoms with Gasteiger partial charge in [0.2, 0.25) is 2.72 Å². The minimum absolute atomic E-state index is 1.35. The maximum absolute atomic E-state index is 10.3. The number of hydrogen-bond donors (Lipinski definition) is 4. The molecule has 8 nitrogen and oxygen atoms in total. The fraction of sp³-hybridized carbons (Fsp3) is 1.00. The van der Waals surface area contributed by atoms with E-state index in [9.17, 15) is 18.9 Å². The van der Waals surface area contributed by atoms with Crippen LogP contribution in [-0.4, -0.2) is 51.8 Å². The second-order valence-corrected chi connectivity index (χ2v) is 19.3. The Labute approximate surface area is 245 Å². The first-order valence-corrected chi connectivity index (χ1v) is 19.1. The summed E-state index contributed by atoms with van der Waals surface area (Å²) >= 11 is 4.18. The smallest absolute Gasteiger partial charge is 0.206 e. The van der Waals surface area contributed by atoms with Gasteiger partial charge in [-0.3, -0.25) is 0 Å². The Morgan fingerprint density at radius 1 is 0.541 bits per heavy atom. The van der Waals surface area contributed by atoms with Crippen LogP contribution >= 0.6 is 47.1 Å². The van der Waals surface area contributed by atoms with Gasteiger partial charge in [0.15, 0.2) is 15.2 Å². The number of quaternary nitrogens is 2. The molecular formula is C25H58Br2N2O6P2. The summed E-state index contributed by atoms with van der Waals surface area (Å²) in [6.07, 6.45) is 16.5. The van der Waals surface area contributed by atoms with Crippen LogP contribution in [0.2, 0.25) is 0 Å². The lowest BCUT2D eigenvalue weighted by molar-refractivity contribution is -0.900. The molecule has 0 aromatic rings. The standard InChI is InChI=1S/2C12H27N.CH4Br2O6P2/c2*1-4-7-10-13(11-8-5-2)12-9-6-3;2-1(3,10(4,5)6)11(7,8)9/h2*4-12H2,1-3H3;(H2,4,5,6)(H2,7,8,9). The first-order valence-electron chi connectivity index (χ1n) is 14.3. The molecule has 0 aliphatic rings. The van der Waals surface area contributed by atoms with Gasteiger partial charge in [-0.2, -0.15) is 0 Å². The highest BCUT2D eigenvalue weighted by Gasteiger charge is 2.44. The molecular weight excluding hydrogens is 646 g/mol. The van der Waals surface area contributed by atoms with Gasteiger partial charge in [-0.05, 0) is 38.5 Å². The Hall–Kier alpha value is 1.18. The summed E-state index contributed by atoms with van der Waals surface area (Å²) in [7, 11) is -10.5. The Kier molecular flexibility index (Phi) is 30.1. The zero-order valence-corrected chi connectivity index (χ0v) is 29.4. The van der Waals surface area contributed by atoms with Crippen LogP contribution in [0.1, 0.15) is 119 Å². The maximum atomic E-state index is 10.3. The summed E-state index contributed by atoms with van der Waals surface area (Å²) in [5.41, 5.74) is 0. The summed E-state index contributed by atoms with van der Waals surface area (Å²) in [6, 6.07) is 0. The molecule has 2 atom stereocenters. The predicted octanol–water partition coefficient (Wildman–Crippen LogP) is 4.02. The largest absolute Gasteiger partial charge is 0.777 e. The van der Waals surface area contributed by atoms with Crippen LogP contribution in [0, 0.1) is 0 Å². The van der Waals surface area contributed by atoms with E-state index in [1.54, 1.807) is 0 Å². The SMILES string of the molecule is CCCC[NH+](CCCC)CCCC.CCCC[NH+](CCCC)CCCC.O=P([O-])(O)C(Br)(Br)P(=O)([O-])O. The Bertz CT molecular complexity index is 505. The van der Waals surface area contributed by atoms with Crippen molar-refractivity contribution in [3.8, 4) is 0 Å². The first-order chi connectivity index (χ1) is 17.2. The van der Waals surface area contributed by atoms with E-state index in [0.29, 0.717) is 0 Å². The zero-order valence-electron chi connectivity index (χ0n) is 24.4. The van der Waals surface area contributed by atoms with E-state index < -0.39 is 17.9 Å². The van der Waals surface area contributed by atoms with Gasteiger partial charge in [0.25, 0.3) is 0 Å². The topological polar surface area (TPSA) is 130 Å². The van der Waals surface area contributed by atoms with Crippen LogP contribution in [0.5, 0.6) is 0 Å². The molecule has 0 aliphatic carbocycles. The molecule has 0 aromatic heterocycles. The van der Waals surface area contributed by atoms with Crippen LogP contribution < -0.4 is 19.6 Å². The maximum Gasteiger partial charge on any atom is 0.206 e. The van der Waals surface area contributed by atoms with Gasteiger partial charge in [-0.25, -0.2) is 0 Å². The van der Waals surface area contributed by atoms with Crippen molar-refractivity contribution in [1.29, 1.82) is 0 Å². The molecule has 0 aliphatic heterocycles. The van der Waals surface area contributed by atoms with E-state index >= 15 is 0 Å². The average Bonchev–Trinajstić information content (AvgIpc) is 2.82. The monoisotopic (exact) mass is 702 g/mol. The molecule has 0 aromatic carbocycles. The van der Waals surface area contributed by atoms with Gasteiger partial charge in [-0.1, -0.05) is 112 Å². The molecule has 0 bridgehead atoms. The van der Waals surface area contributed by atoms with E-state index in [1.807, 2.05) is 9.80 Å². The van der Waals surface area contributed by atoms with E-state index in [4.69, 9.17) is 9.79 Å². The van der Waals surface area contributed by atoms with Gasteiger partial charge in [-0.15, -0.1) is 0 Å². The summed E-state index contributed by atoms with van der Waals surface area (Å²) < 4.78 is 17.6. The quantitative estimate of drug-likeness (QED) is 0.112. The van der Waals surface area contributed by atoms with Gasteiger partial charge >= 0.3 is 0 Å². The number of halogens is 2. The van der Waals surface area contributed by atoms with E-state index in [1.165, 1.54) is 116 Å². The van der Waals surface area contributed by atoms with Crippen molar-refractivity contribution in [3.63, 3.8) is 0 Å². The normalized spacial score (nSPS) is 14.9. The minimum atomic E-state index is -5.23. The molecule has 12 heteroatoms. The summed E-state index contributed by atoms with van der Waals surface area (Å²) in [6.45, 7) is 22.1. The van der Waals surface area contributed by atoms with Crippen LogP contribution in [0.4, 0.5) is 0 Å². The summed E-state index contributed by atoms with van der Waals surface area (Å²) in [4.78, 5) is 40.7. The van der Waals surface area contributed by atoms with Crippen LogP contribution in [-0.2, 0) is 9.13 Å². The molecule has 0 saturated carbocycles. The number of nitrogens with one attached hydrogen (secondary N) is 2. The van der Waals surface area contributed by atoms with Crippen molar-refractivity contribution < 1.29 is 38.5 Å². The van der Waals surface area contributed by atoms with Gasteiger partial charge < -0.3 is 38.5 Å². The number of hydrogen-bond acceptors (Lipinski definition) is 4. The van der Waals surface area contributed by atoms with Crippen molar-refractivity contribution in [2.75, 3.05) is 39.3 Å². The third-order valence-electron chi connectivity index (χ3n) is 5.98. The fourth-order valence-electron chi connectivity index (χ4n) is 3.47. The van der Waals surface area contributed by atoms with Crippen LogP contribution in [0.25, 0.3) is 0 Å². The highest BCUT2D eigenvalue weighted by atomic mass is 79.9. The molecule has 0 amide bonds. The Balaban J connectivity index is -0.000000471. The highest BCUT2D eigenvalue weighted by Crippen LogP contribution is 2.72. The molecule has 2 unspecified atom stereocenters. The van der Waals surface area contributed by atoms with Crippen molar-refractivity contribution in [1.82, 2.24) is 0 Å². The van der Waals surface area contributed by atoms with Crippen molar-refractivity contribution in [3.05, 3.63) is 0 Å². The van der Waals surface area contributed by atoms with Crippen LogP contribution in [0.15, 0.2) is 0 Å². The number of alkyl halides is 2. The average molecular weight is 705 g/mol. The lowest BCUT2D eigenvalue weighted by Gasteiger charge is -2.37. The zero-order chi connectivity index (χ0) is 29.4. The summed E-state index contributed by atoms with van der Waals surface area (Å²) in [5.74, 6) is 0. The first kappa shape index (κ1) is 42.6. The second-order valence-electron chi connectivity index (χ2n) is 9.67. The minimum Gasteiger partial charge on any atom is -0.777 e. The molecule has 0 fully saturated rings. The molecule has 0 saturated heterocycles.